The number of hydrogen-bond acceptors (Lipinski definition) is 6. The first-order chi connectivity index (χ1) is 17.0. The van der Waals surface area contributed by atoms with Gasteiger partial charge in [0.15, 0.2) is 6.61 Å². The van der Waals surface area contributed by atoms with E-state index in [1.54, 1.807) is 0 Å². The van der Waals surface area contributed by atoms with Crippen LogP contribution >= 0.6 is 0 Å². The topological polar surface area (TPSA) is 119 Å². The Labute approximate surface area is 205 Å². The van der Waals surface area contributed by atoms with Gasteiger partial charge in [0.25, 0.3) is 5.69 Å². The van der Waals surface area contributed by atoms with Crippen molar-refractivity contribution in [1.29, 1.82) is 0 Å². The Bertz CT molecular complexity index is 1240. The van der Waals surface area contributed by atoms with Gasteiger partial charge in [-0.2, -0.15) is 17.5 Å². The van der Waals surface area contributed by atoms with Crippen molar-refractivity contribution in [2.75, 3.05) is 25.0 Å². The Morgan fingerprint density at radius 1 is 1.11 bits per heavy atom. The number of nitrogens with zero attached hydrogens (tertiary/aromatic N) is 2. The molecule has 1 fully saturated rings. The molecule has 0 radical (unpaired) electrons. The van der Waals surface area contributed by atoms with Crippen molar-refractivity contribution < 1.29 is 36.0 Å². The number of hydrogen-bond donors (Lipinski definition) is 1. The first-order valence-electron chi connectivity index (χ1n) is 11.0. The van der Waals surface area contributed by atoms with Crippen molar-refractivity contribution in [2.24, 2.45) is 0 Å². The van der Waals surface area contributed by atoms with Crippen LogP contribution in [0.4, 0.5) is 24.5 Å². The summed E-state index contributed by atoms with van der Waals surface area (Å²) >= 11 is 0. The fourth-order valence-corrected chi connectivity index (χ4v) is 5.12. The van der Waals surface area contributed by atoms with Crippen LogP contribution in [0.25, 0.3) is 6.08 Å². The molecule has 1 N–H and O–H groups in total. The van der Waals surface area contributed by atoms with E-state index in [-0.39, 0.29) is 22.0 Å². The number of ether oxygens (including phenoxy) is 1. The van der Waals surface area contributed by atoms with Crippen LogP contribution < -0.4 is 10.1 Å². The number of halogens is 3. The largest absolute Gasteiger partial charge is 0.482 e. The molecule has 1 aliphatic heterocycles. The van der Waals surface area contributed by atoms with Gasteiger partial charge in [-0.25, -0.2) is 8.42 Å². The molecule has 0 atom stereocenters. The fraction of sp³-hybridized carbons (Fsp3) is 0.348. The third kappa shape index (κ3) is 7.52. The smallest absolute Gasteiger partial charge is 0.422 e. The van der Waals surface area contributed by atoms with Crippen LogP contribution in [0.1, 0.15) is 31.2 Å². The highest BCUT2D eigenvalue weighted by Crippen LogP contribution is 2.31. The van der Waals surface area contributed by atoms with E-state index in [2.05, 4.69) is 5.32 Å². The van der Waals surface area contributed by atoms with E-state index in [0.717, 1.165) is 37.1 Å². The third-order valence-corrected chi connectivity index (χ3v) is 7.21. The summed E-state index contributed by atoms with van der Waals surface area (Å²) in [5, 5.41) is 13.3. The number of nitro groups is 1. The van der Waals surface area contributed by atoms with Crippen molar-refractivity contribution in [3.63, 3.8) is 0 Å². The molecule has 9 nitrogen and oxygen atoms in total. The van der Waals surface area contributed by atoms with Gasteiger partial charge in [-0.15, -0.1) is 0 Å². The molecule has 2 aromatic rings. The van der Waals surface area contributed by atoms with Gasteiger partial charge in [0, 0.05) is 31.3 Å². The van der Waals surface area contributed by atoms with E-state index >= 15 is 0 Å². The van der Waals surface area contributed by atoms with Gasteiger partial charge in [-0.1, -0.05) is 25.0 Å². The summed E-state index contributed by atoms with van der Waals surface area (Å²) in [6.45, 7) is -0.998. The second-order valence-electron chi connectivity index (χ2n) is 8.05. The first-order valence-corrected chi connectivity index (χ1v) is 12.5. The Balaban J connectivity index is 1.87. The number of nitro benzene ring substituents is 1. The number of amides is 1. The standard InChI is InChI=1S/C23H24F3N3O6S/c24-23(25,26)16-35-21-10-9-19(36(33,34)28-12-3-1-2-4-13-28)15-20(21)27-22(30)11-8-17-6-5-7-18(14-17)29(31)32/h5-11,14-15H,1-4,12-13,16H2,(H,27,30)/b11-8+. The number of alkyl halides is 3. The monoisotopic (exact) mass is 527 g/mol. The lowest BCUT2D eigenvalue weighted by Crippen LogP contribution is -2.32. The van der Waals surface area contributed by atoms with Crippen molar-refractivity contribution in [1.82, 2.24) is 4.31 Å². The van der Waals surface area contributed by atoms with Gasteiger partial charge in [0.05, 0.1) is 15.5 Å². The molecule has 13 heteroatoms. The number of carbonyl (C=O) groups is 1. The molecule has 0 aromatic heterocycles. The summed E-state index contributed by atoms with van der Waals surface area (Å²) in [5.41, 5.74) is -0.110. The molecular weight excluding hydrogens is 503 g/mol. The van der Waals surface area contributed by atoms with Crippen LogP contribution in [0.2, 0.25) is 0 Å². The van der Waals surface area contributed by atoms with Gasteiger partial charge < -0.3 is 10.1 Å². The average Bonchev–Trinajstić information content (AvgIpc) is 3.12. The Kier molecular flexibility index (Phi) is 8.69. The molecule has 2 aromatic carbocycles. The van der Waals surface area contributed by atoms with E-state index in [0.29, 0.717) is 31.5 Å². The lowest BCUT2D eigenvalue weighted by atomic mass is 10.2. The molecule has 3 rings (SSSR count). The molecule has 1 aliphatic rings. The van der Waals surface area contributed by atoms with E-state index in [4.69, 9.17) is 4.74 Å². The number of carbonyl (C=O) groups excluding carboxylic acids is 1. The minimum absolute atomic E-state index is 0.188. The minimum atomic E-state index is -4.65. The van der Waals surface area contributed by atoms with E-state index < -0.39 is 33.6 Å². The second kappa shape index (κ2) is 11.5. The molecule has 1 heterocycles. The molecule has 0 bridgehead atoms. The zero-order valence-electron chi connectivity index (χ0n) is 19.0. The number of sulfonamides is 1. The number of rotatable bonds is 8. The van der Waals surface area contributed by atoms with Gasteiger partial charge >= 0.3 is 6.18 Å². The maximum atomic E-state index is 13.1. The minimum Gasteiger partial charge on any atom is -0.482 e. The highest BCUT2D eigenvalue weighted by molar-refractivity contribution is 7.89. The van der Waals surface area contributed by atoms with Crippen LogP contribution in [0.15, 0.2) is 53.4 Å². The lowest BCUT2D eigenvalue weighted by molar-refractivity contribution is -0.384. The van der Waals surface area contributed by atoms with Gasteiger partial charge in [0.2, 0.25) is 15.9 Å². The zero-order valence-corrected chi connectivity index (χ0v) is 19.8. The van der Waals surface area contributed by atoms with Gasteiger partial charge in [-0.05, 0) is 42.7 Å². The summed E-state index contributed by atoms with van der Waals surface area (Å²) in [5.74, 6) is -1.16. The molecule has 0 unspecified atom stereocenters. The van der Waals surface area contributed by atoms with Crippen LogP contribution in [0.3, 0.4) is 0 Å². The molecule has 0 aliphatic carbocycles. The lowest BCUT2D eigenvalue weighted by Gasteiger charge is -2.21. The number of nitrogens with one attached hydrogen (secondary N) is 1. The summed E-state index contributed by atoms with van der Waals surface area (Å²) in [7, 11) is -3.95. The summed E-state index contributed by atoms with van der Waals surface area (Å²) in [6.07, 6.45) is 0.817. The Hall–Kier alpha value is -3.45. The predicted octanol–water partition coefficient (Wildman–Crippen LogP) is 4.75. The number of anilines is 1. The zero-order chi connectivity index (χ0) is 26.3. The Morgan fingerprint density at radius 2 is 1.81 bits per heavy atom. The van der Waals surface area contributed by atoms with E-state index in [1.807, 2.05) is 0 Å². The van der Waals surface area contributed by atoms with Crippen LogP contribution in [0, 0.1) is 10.1 Å². The first kappa shape index (κ1) is 27.1. The second-order valence-corrected chi connectivity index (χ2v) is 9.99. The molecule has 0 saturated carbocycles. The molecule has 1 saturated heterocycles. The van der Waals surface area contributed by atoms with Gasteiger partial charge in [-0.3, -0.25) is 14.9 Å². The molecule has 0 spiro atoms. The maximum absolute atomic E-state index is 13.1. The molecule has 1 amide bonds. The summed E-state index contributed by atoms with van der Waals surface area (Å²) in [6, 6.07) is 8.72. The summed E-state index contributed by atoms with van der Waals surface area (Å²) in [4.78, 5) is 22.6. The highest BCUT2D eigenvalue weighted by Gasteiger charge is 2.30. The van der Waals surface area contributed by atoms with Crippen molar-refractivity contribution in [3.05, 3.63) is 64.2 Å². The number of non-ortho nitro benzene ring substituents is 1. The SMILES string of the molecule is O=C(/C=C/c1cccc([N+](=O)[O-])c1)Nc1cc(S(=O)(=O)N2CCCCCC2)ccc1OCC(F)(F)F. The highest BCUT2D eigenvalue weighted by atomic mass is 32.2. The Morgan fingerprint density at radius 3 is 2.44 bits per heavy atom. The fourth-order valence-electron chi connectivity index (χ4n) is 3.57. The maximum Gasteiger partial charge on any atom is 0.422 e. The third-order valence-electron chi connectivity index (χ3n) is 5.31. The molecular formula is C23H24F3N3O6S. The predicted molar refractivity (Wildman–Crippen MR) is 126 cm³/mol. The van der Waals surface area contributed by atoms with Crippen LogP contribution in [-0.4, -0.2) is 49.4 Å². The summed E-state index contributed by atoms with van der Waals surface area (Å²) < 4.78 is 70.5. The molecule has 36 heavy (non-hydrogen) atoms. The van der Waals surface area contributed by atoms with Crippen molar-refractivity contribution in [2.45, 2.75) is 36.8 Å². The van der Waals surface area contributed by atoms with Crippen molar-refractivity contribution >= 4 is 33.4 Å². The van der Waals surface area contributed by atoms with Crippen LogP contribution in [0.5, 0.6) is 5.75 Å². The van der Waals surface area contributed by atoms with Gasteiger partial charge in [0.1, 0.15) is 5.75 Å². The quantitative estimate of drug-likeness (QED) is 0.301. The molecule has 194 valence electrons. The average molecular weight is 528 g/mol. The van der Waals surface area contributed by atoms with E-state index in [9.17, 15) is 36.5 Å². The number of benzene rings is 2. The van der Waals surface area contributed by atoms with Crippen molar-refractivity contribution in [3.8, 4) is 5.75 Å². The normalized spacial score (nSPS) is 15.4. The van der Waals surface area contributed by atoms with Crippen LogP contribution in [-0.2, 0) is 14.8 Å². The van der Waals surface area contributed by atoms with E-state index in [1.165, 1.54) is 34.6 Å².